The summed E-state index contributed by atoms with van der Waals surface area (Å²) in [5.74, 6) is 0.459. The number of benzene rings is 1. The number of aliphatic hydroxyl groups excluding tert-OH is 1. The topological polar surface area (TPSA) is 20.2 Å². The molecule has 1 N–H and O–H groups in total. The van der Waals surface area contributed by atoms with Crippen molar-refractivity contribution in [3.63, 3.8) is 0 Å². The van der Waals surface area contributed by atoms with Crippen molar-refractivity contribution < 1.29 is 5.11 Å². The molecule has 0 aliphatic heterocycles. The Hall–Kier alpha value is -1.08. The zero-order valence-corrected chi connectivity index (χ0v) is 8.48. The predicted octanol–water partition coefficient (Wildman–Crippen LogP) is 2.73. The van der Waals surface area contributed by atoms with Crippen molar-refractivity contribution in [1.82, 2.24) is 0 Å². The van der Waals surface area contributed by atoms with Gasteiger partial charge in [0.15, 0.2) is 0 Å². The molecule has 1 aromatic rings. The van der Waals surface area contributed by atoms with Crippen LogP contribution in [0.4, 0.5) is 0 Å². The highest BCUT2D eigenvalue weighted by atomic mass is 16.3. The lowest BCUT2D eigenvalue weighted by atomic mass is 9.94. The molecule has 74 valence electrons. The maximum atomic E-state index is 9.70. The highest BCUT2D eigenvalue weighted by Gasteiger charge is 2.55. The van der Waals surface area contributed by atoms with E-state index in [1.807, 2.05) is 31.2 Å². The summed E-state index contributed by atoms with van der Waals surface area (Å²) in [5.41, 5.74) is 1.25. The first-order chi connectivity index (χ1) is 6.70. The van der Waals surface area contributed by atoms with Crippen LogP contribution in [0.1, 0.15) is 24.8 Å². The molecule has 2 rings (SSSR count). The SMILES string of the molecule is C=C[C@]1([C@H](C)O)C[C@@H]1c1ccccc1. The second kappa shape index (κ2) is 3.25. The Kier molecular flexibility index (Phi) is 2.20. The summed E-state index contributed by atoms with van der Waals surface area (Å²) in [7, 11) is 0. The highest BCUT2D eigenvalue weighted by Crippen LogP contribution is 2.62. The lowest BCUT2D eigenvalue weighted by molar-refractivity contribution is 0.133. The van der Waals surface area contributed by atoms with Gasteiger partial charge in [0, 0.05) is 5.41 Å². The van der Waals surface area contributed by atoms with Gasteiger partial charge in [0.1, 0.15) is 0 Å². The molecule has 0 unspecified atom stereocenters. The van der Waals surface area contributed by atoms with Gasteiger partial charge in [-0.05, 0) is 24.8 Å². The summed E-state index contributed by atoms with van der Waals surface area (Å²) in [6.07, 6.45) is 2.64. The summed E-state index contributed by atoms with van der Waals surface area (Å²) in [5, 5.41) is 9.70. The normalized spacial score (nSPS) is 32.3. The summed E-state index contributed by atoms with van der Waals surface area (Å²) in [6.45, 7) is 5.68. The molecule has 1 saturated carbocycles. The van der Waals surface area contributed by atoms with E-state index in [0.29, 0.717) is 5.92 Å². The van der Waals surface area contributed by atoms with Crippen molar-refractivity contribution in [2.75, 3.05) is 0 Å². The van der Waals surface area contributed by atoms with Crippen LogP contribution in [0.15, 0.2) is 43.0 Å². The van der Waals surface area contributed by atoms with Crippen LogP contribution in [-0.4, -0.2) is 11.2 Å². The van der Waals surface area contributed by atoms with Crippen LogP contribution < -0.4 is 0 Å². The highest BCUT2D eigenvalue weighted by molar-refractivity contribution is 5.34. The van der Waals surface area contributed by atoms with E-state index in [1.54, 1.807) is 0 Å². The van der Waals surface area contributed by atoms with Gasteiger partial charge >= 0.3 is 0 Å². The molecule has 1 aliphatic rings. The lowest BCUT2D eigenvalue weighted by Crippen LogP contribution is -2.17. The number of hydrogen-bond acceptors (Lipinski definition) is 1. The minimum atomic E-state index is -0.301. The Labute approximate surface area is 85.1 Å². The fourth-order valence-electron chi connectivity index (χ4n) is 2.27. The average Bonchev–Trinajstić information content (AvgIpc) is 2.95. The fourth-order valence-corrected chi connectivity index (χ4v) is 2.27. The van der Waals surface area contributed by atoms with E-state index < -0.39 is 0 Å². The monoisotopic (exact) mass is 188 g/mol. The molecule has 14 heavy (non-hydrogen) atoms. The third-order valence-electron chi connectivity index (χ3n) is 3.41. The maximum Gasteiger partial charge on any atom is 0.0608 e. The zero-order valence-electron chi connectivity index (χ0n) is 8.48. The largest absolute Gasteiger partial charge is 0.392 e. The van der Waals surface area contributed by atoms with Crippen LogP contribution in [0.5, 0.6) is 0 Å². The van der Waals surface area contributed by atoms with E-state index in [2.05, 4.69) is 18.7 Å². The quantitative estimate of drug-likeness (QED) is 0.723. The van der Waals surface area contributed by atoms with Crippen molar-refractivity contribution in [2.45, 2.75) is 25.4 Å². The first-order valence-corrected chi connectivity index (χ1v) is 5.07. The molecule has 1 heteroatoms. The summed E-state index contributed by atoms with van der Waals surface area (Å²) in [6, 6.07) is 10.4. The Balaban J connectivity index is 2.22. The second-order valence-electron chi connectivity index (χ2n) is 4.16. The first-order valence-electron chi connectivity index (χ1n) is 5.07. The van der Waals surface area contributed by atoms with E-state index in [0.717, 1.165) is 6.42 Å². The van der Waals surface area contributed by atoms with Crippen LogP contribution in [0, 0.1) is 5.41 Å². The van der Waals surface area contributed by atoms with Gasteiger partial charge < -0.3 is 5.11 Å². The fraction of sp³-hybridized carbons (Fsp3) is 0.385. The average molecular weight is 188 g/mol. The van der Waals surface area contributed by atoms with Crippen molar-refractivity contribution >= 4 is 0 Å². The summed E-state index contributed by atoms with van der Waals surface area (Å²) in [4.78, 5) is 0. The molecule has 1 aliphatic carbocycles. The van der Waals surface area contributed by atoms with E-state index in [1.165, 1.54) is 5.56 Å². The van der Waals surface area contributed by atoms with Crippen LogP contribution >= 0.6 is 0 Å². The molecule has 0 heterocycles. The van der Waals surface area contributed by atoms with Crippen LogP contribution in [0.2, 0.25) is 0 Å². The lowest BCUT2D eigenvalue weighted by Gasteiger charge is -2.15. The zero-order chi connectivity index (χ0) is 10.2. The van der Waals surface area contributed by atoms with E-state index in [4.69, 9.17) is 0 Å². The van der Waals surface area contributed by atoms with Crippen LogP contribution in [-0.2, 0) is 0 Å². The molecular formula is C13H16O. The molecule has 0 spiro atoms. The summed E-state index contributed by atoms with van der Waals surface area (Å²) >= 11 is 0. The van der Waals surface area contributed by atoms with Gasteiger partial charge in [-0.2, -0.15) is 0 Å². The van der Waals surface area contributed by atoms with Gasteiger partial charge in [-0.25, -0.2) is 0 Å². The molecule has 1 fully saturated rings. The predicted molar refractivity (Wildman–Crippen MR) is 58.1 cm³/mol. The first kappa shape index (κ1) is 9.47. The Morgan fingerprint density at radius 3 is 2.57 bits per heavy atom. The van der Waals surface area contributed by atoms with Crippen LogP contribution in [0.3, 0.4) is 0 Å². The second-order valence-corrected chi connectivity index (χ2v) is 4.16. The van der Waals surface area contributed by atoms with E-state index >= 15 is 0 Å². The molecule has 1 nitrogen and oxygen atoms in total. The van der Waals surface area contributed by atoms with Gasteiger partial charge in [0.25, 0.3) is 0 Å². The molecule has 1 aromatic carbocycles. The molecular weight excluding hydrogens is 172 g/mol. The molecule has 3 atom stereocenters. The van der Waals surface area contributed by atoms with Crippen molar-refractivity contribution in [1.29, 1.82) is 0 Å². The molecule has 0 aromatic heterocycles. The van der Waals surface area contributed by atoms with Gasteiger partial charge in [-0.3, -0.25) is 0 Å². The minimum absolute atomic E-state index is 0.0681. The molecule has 0 bridgehead atoms. The van der Waals surface area contributed by atoms with E-state index in [-0.39, 0.29) is 11.5 Å². The van der Waals surface area contributed by atoms with E-state index in [9.17, 15) is 5.11 Å². The van der Waals surface area contributed by atoms with Crippen molar-refractivity contribution in [3.8, 4) is 0 Å². The Morgan fingerprint density at radius 1 is 1.50 bits per heavy atom. The van der Waals surface area contributed by atoms with Crippen LogP contribution in [0.25, 0.3) is 0 Å². The Bertz CT molecular complexity index is 328. The van der Waals surface area contributed by atoms with Gasteiger partial charge in [0.2, 0.25) is 0 Å². The summed E-state index contributed by atoms with van der Waals surface area (Å²) < 4.78 is 0. The third kappa shape index (κ3) is 1.28. The molecule has 0 amide bonds. The number of aliphatic hydroxyl groups is 1. The van der Waals surface area contributed by atoms with Crippen molar-refractivity contribution in [2.24, 2.45) is 5.41 Å². The minimum Gasteiger partial charge on any atom is -0.392 e. The van der Waals surface area contributed by atoms with Gasteiger partial charge in [0.05, 0.1) is 6.10 Å². The Morgan fingerprint density at radius 2 is 2.14 bits per heavy atom. The van der Waals surface area contributed by atoms with Crippen molar-refractivity contribution in [3.05, 3.63) is 48.6 Å². The maximum absolute atomic E-state index is 9.70. The number of rotatable bonds is 3. The molecule has 0 radical (unpaired) electrons. The number of hydrogen-bond donors (Lipinski definition) is 1. The van der Waals surface area contributed by atoms with Gasteiger partial charge in [-0.15, -0.1) is 6.58 Å². The smallest absolute Gasteiger partial charge is 0.0608 e. The molecule has 0 saturated heterocycles. The van der Waals surface area contributed by atoms with Gasteiger partial charge in [-0.1, -0.05) is 36.4 Å². The third-order valence-corrected chi connectivity index (χ3v) is 3.41. The standard InChI is InChI=1S/C13H16O/c1-3-13(10(2)14)9-12(13)11-7-5-4-6-8-11/h3-8,10,12,14H,1,9H2,2H3/t10-,12+,13+/m0/s1.